The van der Waals surface area contributed by atoms with Gasteiger partial charge in [0.15, 0.2) is 12.6 Å². The second-order valence-electron chi connectivity index (χ2n) is 3.15. The van der Waals surface area contributed by atoms with Crippen LogP contribution in [0.25, 0.3) is 10.8 Å². The van der Waals surface area contributed by atoms with E-state index >= 15 is 0 Å². The maximum absolute atomic E-state index is 10.8. The number of fused-ring (bicyclic) bond motifs is 1. The molecule has 2 rings (SSSR count). The van der Waals surface area contributed by atoms with Crippen molar-refractivity contribution in [1.82, 2.24) is 0 Å². The summed E-state index contributed by atoms with van der Waals surface area (Å²) < 4.78 is 0. The number of carbonyl (C=O) groups is 2. The van der Waals surface area contributed by atoms with Gasteiger partial charge in [0.05, 0.1) is 5.02 Å². The summed E-state index contributed by atoms with van der Waals surface area (Å²) in [5.41, 5.74) is 0.582. The van der Waals surface area contributed by atoms with Crippen molar-refractivity contribution in [1.29, 1.82) is 0 Å². The van der Waals surface area contributed by atoms with E-state index in [1.165, 1.54) is 0 Å². The molecule has 0 saturated heterocycles. The molecule has 0 saturated carbocycles. The zero-order valence-corrected chi connectivity index (χ0v) is 8.49. The van der Waals surface area contributed by atoms with E-state index in [4.69, 9.17) is 11.6 Å². The van der Waals surface area contributed by atoms with Gasteiger partial charge < -0.3 is 0 Å². The topological polar surface area (TPSA) is 34.1 Å². The molecule has 0 fully saturated rings. The van der Waals surface area contributed by atoms with Gasteiger partial charge in [-0.2, -0.15) is 0 Å². The average Bonchev–Trinajstić information content (AvgIpc) is 2.29. The molecule has 74 valence electrons. The van der Waals surface area contributed by atoms with Gasteiger partial charge in [-0.1, -0.05) is 35.9 Å². The minimum atomic E-state index is 0.255. The normalized spacial score (nSPS) is 10.2. The van der Waals surface area contributed by atoms with Gasteiger partial charge in [0.2, 0.25) is 0 Å². The summed E-state index contributed by atoms with van der Waals surface area (Å²) in [4.78, 5) is 21.6. The molecule has 2 aromatic carbocycles. The molecule has 0 spiro atoms. The summed E-state index contributed by atoms with van der Waals surface area (Å²) in [6.45, 7) is 0. The van der Waals surface area contributed by atoms with E-state index in [2.05, 4.69) is 0 Å². The second kappa shape index (κ2) is 3.83. The van der Waals surface area contributed by atoms with Gasteiger partial charge in [-0.3, -0.25) is 9.59 Å². The van der Waals surface area contributed by atoms with E-state index < -0.39 is 0 Å². The molecule has 2 aromatic rings. The lowest BCUT2D eigenvalue weighted by atomic mass is 10.0. The highest BCUT2D eigenvalue weighted by Crippen LogP contribution is 2.28. The number of rotatable bonds is 2. The van der Waals surface area contributed by atoms with Crippen molar-refractivity contribution in [2.75, 3.05) is 0 Å². The van der Waals surface area contributed by atoms with Crippen molar-refractivity contribution in [3.63, 3.8) is 0 Å². The first-order chi connectivity index (χ1) is 7.27. The van der Waals surface area contributed by atoms with E-state index in [-0.39, 0.29) is 5.56 Å². The van der Waals surface area contributed by atoms with Crippen LogP contribution in [0.15, 0.2) is 30.3 Å². The predicted octanol–water partition coefficient (Wildman–Crippen LogP) is 3.12. The molecule has 2 nitrogen and oxygen atoms in total. The smallest absolute Gasteiger partial charge is 0.152 e. The van der Waals surface area contributed by atoms with E-state index in [1.54, 1.807) is 6.07 Å². The summed E-state index contributed by atoms with van der Waals surface area (Å²) in [5, 5.41) is 1.98. The van der Waals surface area contributed by atoms with Gasteiger partial charge in [0.1, 0.15) is 0 Å². The number of carbonyl (C=O) groups excluding carboxylic acids is 2. The molecule has 0 radical (unpaired) electrons. The fourth-order valence-electron chi connectivity index (χ4n) is 1.56. The Morgan fingerprint density at radius 1 is 1.07 bits per heavy atom. The maximum Gasteiger partial charge on any atom is 0.152 e. The van der Waals surface area contributed by atoms with Crippen LogP contribution in [-0.2, 0) is 0 Å². The van der Waals surface area contributed by atoms with Gasteiger partial charge >= 0.3 is 0 Å². The van der Waals surface area contributed by atoms with Crippen molar-refractivity contribution in [2.24, 2.45) is 0 Å². The molecule has 0 aromatic heterocycles. The average molecular weight is 219 g/mol. The van der Waals surface area contributed by atoms with Crippen molar-refractivity contribution < 1.29 is 9.59 Å². The van der Waals surface area contributed by atoms with Crippen LogP contribution in [0.3, 0.4) is 0 Å². The molecule has 3 heteroatoms. The zero-order chi connectivity index (χ0) is 10.8. The molecule has 0 atom stereocenters. The third-order valence-corrected chi connectivity index (χ3v) is 2.71. The van der Waals surface area contributed by atoms with Crippen LogP contribution in [0.1, 0.15) is 20.7 Å². The van der Waals surface area contributed by atoms with E-state index in [0.29, 0.717) is 23.2 Å². The van der Waals surface area contributed by atoms with Crippen LogP contribution in [0.2, 0.25) is 5.02 Å². The Morgan fingerprint density at radius 3 is 2.47 bits per heavy atom. The van der Waals surface area contributed by atoms with E-state index in [1.807, 2.05) is 24.3 Å². The first-order valence-electron chi connectivity index (χ1n) is 4.39. The fraction of sp³-hybridized carbons (Fsp3) is 0. The van der Waals surface area contributed by atoms with Crippen molar-refractivity contribution in [3.8, 4) is 0 Å². The van der Waals surface area contributed by atoms with Crippen LogP contribution in [0.5, 0.6) is 0 Å². The van der Waals surface area contributed by atoms with Crippen LogP contribution >= 0.6 is 11.6 Å². The van der Waals surface area contributed by atoms with E-state index in [0.717, 1.165) is 10.8 Å². The third kappa shape index (κ3) is 1.53. The first kappa shape index (κ1) is 9.87. The number of hydrogen-bond donors (Lipinski definition) is 0. The molecule has 0 amide bonds. The summed E-state index contributed by atoms with van der Waals surface area (Å²) in [5.74, 6) is 0. The number of aldehydes is 2. The molecule has 15 heavy (non-hydrogen) atoms. The van der Waals surface area contributed by atoms with Crippen LogP contribution in [0.4, 0.5) is 0 Å². The fourth-order valence-corrected chi connectivity index (χ4v) is 1.88. The third-order valence-electron chi connectivity index (χ3n) is 2.30. The summed E-state index contributed by atoms with van der Waals surface area (Å²) in [6, 6.07) is 9.03. The van der Waals surface area contributed by atoms with Gasteiger partial charge in [-0.05, 0) is 11.5 Å². The van der Waals surface area contributed by atoms with E-state index in [9.17, 15) is 9.59 Å². The van der Waals surface area contributed by atoms with Gasteiger partial charge in [0.25, 0.3) is 0 Å². The Kier molecular flexibility index (Phi) is 2.52. The molecular weight excluding hydrogens is 212 g/mol. The molecule has 0 heterocycles. The minimum absolute atomic E-state index is 0.255. The SMILES string of the molecule is O=Cc1cc2ccccc2c(Cl)c1C=O. The molecule has 0 unspecified atom stereocenters. The first-order valence-corrected chi connectivity index (χ1v) is 4.77. The lowest BCUT2D eigenvalue weighted by Gasteiger charge is -2.05. The minimum Gasteiger partial charge on any atom is -0.298 e. The Bertz CT molecular complexity index is 547. The second-order valence-corrected chi connectivity index (χ2v) is 3.53. The quantitative estimate of drug-likeness (QED) is 0.726. The highest BCUT2D eigenvalue weighted by Gasteiger charge is 2.09. The molecule has 0 aliphatic carbocycles. The van der Waals surface area contributed by atoms with Crippen molar-refractivity contribution in [2.45, 2.75) is 0 Å². The van der Waals surface area contributed by atoms with Crippen LogP contribution in [0, 0.1) is 0 Å². The van der Waals surface area contributed by atoms with Crippen LogP contribution in [-0.4, -0.2) is 12.6 Å². The maximum atomic E-state index is 10.8. The Labute approximate surface area is 91.5 Å². The molecule has 0 bridgehead atoms. The molecule has 0 aliphatic rings. The lowest BCUT2D eigenvalue weighted by Crippen LogP contribution is -1.93. The monoisotopic (exact) mass is 218 g/mol. The van der Waals surface area contributed by atoms with Gasteiger partial charge in [0, 0.05) is 16.5 Å². The summed E-state index contributed by atoms with van der Waals surface area (Å²) >= 11 is 6.04. The molecule has 0 N–H and O–H groups in total. The zero-order valence-electron chi connectivity index (χ0n) is 7.74. The number of halogens is 1. The van der Waals surface area contributed by atoms with Crippen molar-refractivity contribution >= 4 is 34.9 Å². The predicted molar refractivity (Wildman–Crippen MR) is 59.7 cm³/mol. The Balaban J connectivity index is 2.93. The lowest BCUT2D eigenvalue weighted by molar-refractivity contribution is 0.109. The number of benzene rings is 2. The Hall–Kier alpha value is -1.67. The largest absolute Gasteiger partial charge is 0.298 e. The standard InChI is InChI=1S/C12H7ClO2/c13-12-10-4-2-1-3-8(10)5-9(6-14)11(12)7-15/h1-7H. The number of hydrogen-bond acceptors (Lipinski definition) is 2. The molecule has 0 aliphatic heterocycles. The van der Waals surface area contributed by atoms with Gasteiger partial charge in [-0.25, -0.2) is 0 Å². The summed E-state index contributed by atoms with van der Waals surface area (Å²) in [6.07, 6.45) is 1.25. The Morgan fingerprint density at radius 2 is 1.80 bits per heavy atom. The molecular formula is C12H7ClO2. The highest BCUT2D eigenvalue weighted by molar-refractivity contribution is 6.38. The van der Waals surface area contributed by atoms with Crippen molar-refractivity contribution in [3.05, 3.63) is 46.5 Å². The van der Waals surface area contributed by atoms with Crippen LogP contribution < -0.4 is 0 Å². The highest BCUT2D eigenvalue weighted by atomic mass is 35.5. The van der Waals surface area contributed by atoms with Gasteiger partial charge in [-0.15, -0.1) is 0 Å². The summed E-state index contributed by atoms with van der Waals surface area (Å²) in [7, 11) is 0.